The summed E-state index contributed by atoms with van der Waals surface area (Å²) in [6.07, 6.45) is 0.753. The number of methoxy groups -OCH3 is 1. The van der Waals surface area contributed by atoms with Crippen LogP contribution in [0.4, 0.5) is 0 Å². The van der Waals surface area contributed by atoms with E-state index in [0.29, 0.717) is 18.7 Å². The minimum absolute atomic E-state index is 0.0724. The first kappa shape index (κ1) is 15.5. The fraction of sp³-hybridized carbons (Fsp3) is 0.412. The lowest BCUT2D eigenvalue weighted by atomic mass is 10.1. The van der Waals surface area contributed by atoms with E-state index in [2.05, 4.69) is 16.1 Å². The van der Waals surface area contributed by atoms with Crippen molar-refractivity contribution < 1.29 is 4.74 Å². The normalized spacial score (nSPS) is 14.4. The molecule has 23 heavy (non-hydrogen) atoms. The molecule has 0 amide bonds. The van der Waals surface area contributed by atoms with Gasteiger partial charge in [0.05, 0.1) is 30.5 Å². The summed E-state index contributed by atoms with van der Waals surface area (Å²) in [6.45, 7) is 3.42. The highest BCUT2D eigenvalue weighted by atomic mass is 16.5. The molecule has 0 saturated carbocycles. The topological polar surface area (TPSA) is 74.0 Å². The monoisotopic (exact) mass is 312 g/mol. The van der Waals surface area contributed by atoms with Crippen molar-refractivity contribution in [2.24, 2.45) is 0 Å². The van der Waals surface area contributed by atoms with Crippen LogP contribution in [0.25, 0.3) is 0 Å². The molecule has 6 heteroatoms. The zero-order valence-electron chi connectivity index (χ0n) is 13.2. The molecule has 0 atom stereocenters. The summed E-state index contributed by atoms with van der Waals surface area (Å²) in [6, 6.07) is 9.84. The van der Waals surface area contributed by atoms with Crippen molar-refractivity contribution in [2.45, 2.75) is 26.1 Å². The number of hydrogen-bond donors (Lipinski definition) is 1. The van der Waals surface area contributed by atoms with Gasteiger partial charge in [0.1, 0.15) is 0 Å². The van der Waals surface area contributed by atoms with Gasteiger partial charge >= 0.3 is 0 Å². The maximum Gasteiger partial charge on any atom is 0.270 e. The van der Waals surface area contributed by atoms with E-state index in [1.54, 1.807) is 11.8 Å². The van der Waals surface area contributed by atoms with Gasteiger partial charge in [-0.1, -0.05) is 12.1 Å². The molecular formula is C17H20N4O2. The average molecular weight is 312 g/mol. The maximum atomic E-state index is 12.3. The number of nitriles is 1. The Morgan fingerprint density at radius 1 is 1.43 bits per heavy atom. The van der Waals surface area contributed by atoms with Crippen molar-refractivity contribution in [3.63, 3.8) is 0 Å². The van der Waals surface area contributed by atoms with Gasteiger partial charge in [-0.2, -0.15) is 5.26 Å². The summed E-state index contributed by atoms with van der Waals surface area (Å²) in [5.41, 5.74) is 3.76. The van der Waals surface area contributed by atoms with Crippen LogP contribution in [-0.4, -0.2) is 34.9 Å². The molecule has 2 aromatic rings. The van der Waals surface area contributed by atoms with Gasteiger partial charge < -0.3 is 4.74 Å². The summed E-state index contributed by atoms with van der Waals surface area (Å²) >= 11 is 0. The van der Waals surface area contributed by atoms with E-state index in [0.717, 1.165) is 42.9 Å². The molecule has 0 aliphatic carbocycles. The summed E-state index contributed by atoms with van der Waals surface area (Å²) in [7, 11) is 1.63. The van der Waals surface area contributed by atoms with Crippen LogP contribution >= 0.6 is 0 Å². The maximum absolute atomic E-state index is 12.3. The van der Waals surface area contributed by atoms with Crippen LogP contribution in [0, 0.1) is 11.3 Å². The zero-order chi connectivity index (χ0) is 16.2. The summed E-state index contributed by atoms with van der Waals surface area (Å²) in [5.74, 6) is 0. The number of aromatic amines is 1. The second-order valence-electron chi connectivity index (χ2n) is 5.79. The summed E-state index contributed by atoms with van der Waals surface area (Å²) < 4.78 is 6.67. The highest BCUT2D eigenvalue weighted by molar-refractivity contribution is 5.33. The standard InChI is InChI=1S/C17H20N4O2/c1-23-8-7-21-17(22)15-5-6-20(12-16(15)19-21)11-14-4-2-3-13(9-14)10-18/h2-4,9,19H,5-8,11-12H2,1H3. The highest BCUT2D eigenvalue weighted by Crippen LogP contribution is 2.17. The smallest absolute Gasteiger partial charge is 0.270 e. The lowest BCUT2D eigenvalue weighted by molar-refractivity contribution is 0.182. The Bertz CT molecular complexity index is 785. The van der Waals surface area contributed by atoms with Gasteiger partial charge in [-0.25, -0.2) is 0 Å². The van der Waals surface area contributed by atoms with Crippen LogP contribution in [-0.2, 0) is 30.8 Å². The number of benzene rings is 1. The minimum Gasteiger partial charge on any atom is -0.383 e. The third-order valence-corrected chi connectivity index (χ3v) is 4.18. The summed E-state index contributed by atoms with van der Waals surface area (Å²) in [4.78, 5) is 14.6. The molecule has 1 aromatic carbocycles. The van der Waals surface area contributed by atoms with Gasteiger partial charge in [0, 0.05) is 32.3 Å². The molecule has 0 radical (unpaired) electrons. The molecule has 1 aromatic heterocycles. The number of aromatic nitrogens is 2. The van der Waals surface area contributed by atoms with E-state index in [9.17, 15) is 4.79 Å². The van der Waals surface area contributed by atoms with Gasteiger partial charge in [-0.3, -0.25) is 19.5 Å². The molecule has 0 bridgehead atoms. The van der Waals surface area contributed by atoms with Crippen molar-refractivity contribution in [3.05, 3.63) is 57.0 Å². The number of nitrogens with one attached hydrogen (secondary N) is 1. The number of rotatable bonds is 5. The molecule has 0 spiro atoms. The predicted molar refractivity (Wildman–Crippen MR) is 85.9 cm³/mol. The van der Waals surface area contributed by atoms with E-state index in [4.69, 9.17) is 10.00 Å². The Morgan fingerprint density at radius 3 is 3.09 bits per heavy atom. The van der Waals surface area contributed by atoms with Crippen molar-refractivity contribution in [1.82, 2.24) is 14.7 Å². The number of ether oxygens (including phenoxy) is 1. The Labute approximate surface area is 134 Å². The van der Waals surface area contributed by atoms with Crippen molar-refractivity contribution in [3.8, 4) is 6.07 Å². The van der Waals surface area contributed by atoms with Crippen LogP contribution in [0.3, 0.4) is 0 Å². The van der Waals surface area contributed by atoms with Gasteiger partial charge in [0.25, 0.3) is 5.56 Å². The number of hydrogen-bond acceptors (Lipinski definition) is 4. The molecule has 3 rings (SSSR count). The molecule has 0 unspecified atom stereocenters. The van der Waals surface area contributed by atoms with Crippen molar-refractivity contribution in [2.75, 3.05) is 20.3 Å². The third kappa shape index (κ3) is 3.36. The Morgan fingerprint density at radius 2 is 2.30 bits per heavy atom. The lowest BCUT2D eigenvalue weighted by Gasteiger charge is -2.26. The molecule has 0 saturated heterocycles. The van der Waals surface area contributed by atoms with E-state index >= 15 is 0 Å². The third-order valence-electron chi connectivity index (χ3n) is 4.18. The molecule has 1 aliphatic rings. The zero-order valence-corrected chi connectivity index (χ0v) is 13.2. The Hall–Kier alpha value is -2.36. The first-order valence-electron chi connectivity index (χ1n) is 7.72. The predicted octanol–water partition coefficient (Wildman–Crippen LogP) is 1.25. The molecular weight excluding hydrogens is 292 g/mol. The van der Waals surface area contributed by atoms with Gasteiger partial charge in [0.2, 0.25) is 0 Å². The molecule has 2 heterocycles. The number of nitrogens with zero attached hydrogens (tertiary/aromatic N) is 3. The van der Waals surface area contributed by atoms with Crippen LogP contribution in [0.2, 0.25) is 0 Å². The first-order chi connectivity index (χ1) is 11.2. The second kappa shape index (κ2) is 6.82. The van der Waals surface area contributed by atoms with Crippen LogP contribution in [0.1, 0.15) is 22.4 Å². The van der Waals surface area contributed by atoms with Gasteiger partial charge in [0.15, 0.2) is 0 Å². The van der Waals surface area contributed by atoms with E-state index in [-0.39, 0.29) is 5.56 Å². The fourth-order valence-corrected chi connectivity index (χ4v) is 3.01. The van der Waals surface area contributed by atoms with Gasteiger partial charge in [-0.05, 0) is 24.1 Å². The van der Waals surface area contributed by atoms with Gasteiger partial charge in [-0.15, -0.1) is 0 Å². The summed E-state index contributed by atoms with van der Waals surface area (Å²) in [5, 5.41) is 12.2. The fourth-order valence-electron chi connectivity index (χ4n) is 3.01. The molecule has 1 N–H and O–H groups in total. The van der Waals surface area contributed by atoms with Crippen LogP contribution in [0.15, 0.2) is 29.1 Å². The molecule has 1 aliphatic heterocycles. The average Bonchev–Trinajstić information content (AvgIpc) is 2.88. The molecule has 120 valence electrons. The second-order valence-corrected chi connectivity index (χ2v) is 5.79. The van der Waals surface area contributed by atoms with Crippen LogP contribution < -0.4 is 5.56 Å². The van der Waals surface area contributed by atoms with E-state index in [1.807, 2.05) is 24.3 Å². The minimum atomic E-state index is 0.0724. The largest absolute Gasteiger partial charge is 0.383 e. The molecule has 0 fully saturated rings. The SMILES string of the molecule is COCCn1[nH]c2c(c1=O)CCN(Cc1cccc(C#N)c1)C2. The van der Waals surface area contributed by atoms with E-state index in [1.165, 1.54) is 0 Å². The van der Waals surface area contributed by atoms with Crippen LogP contribution in [0.5, 0.6) is 0 Å². The lowest BCUT2D eigenvalue weighted by Crippen LogP contribution is -2.31. The number of fused-ring (bicyclic) bond motifs is 1. The van der Waals surface area contributed by atoms with E-state index < -0.39 is 0 Å². The quantitative estimate of drug-likeness (QED) is 0.902. The number of H-pyrrole nitrogens is 1. The highest BCUT2D eigenvalue weighted by Gasteiger charge is 2.22. The first-order valence-corrected chi connectivity index (χ1v) is 7.72. The Kier molecular flexibility index (Phi) is 4.60. The van der Waals surface area contributed by atoms with Crippen molar-refractivity contribution >= 4 is 0 Å². The Balaban J connectivity index is 1.72. The van der Waals surface area contributed by atoms with Crippen molar-refractivity contribution in [1.29, 1.82) is 5.26 Å². The molecule has 6 nitrogen and oxygen atoms in total.